The largest absolute Gasteiger partial charge is 0.349 e. The fourth-order valence-corrected chi connectivity index (χ4v) is 4.00. The zero-order valence-electron chi connectivity index (χ0n) is 15.1. The van der Waals surface area contributed by atoms with Gasteiger partial charge in [-0.05, 0) is 25.3 Å². The number of hydrogen-bond donors (Lipinski definition) is 1. The number of hydrogen-bond acceptors (Lipinski definition) is 4. The number of likely N-dealkylation sites (tertiary alicyclic amines) is 1. The van der Waals surface area contributed by atoms with E-state index >= 15 is 0 Å². The van der Waals surface area contributed by atoms with E-state index in [0.29, 0.717) is 5.57 Å². The van der Waals surface area contributed by atoms with Gasteiger partial charge in [0.05, 0.1) is 11.3 Å². The Hall–Kier alpha value is -2.19. The minimum absolute atomic E-state index is 0.0899. The van der Waals surface area contributed by atoms with Crippen LogP contribution in [0, 0.1) is 0 Å². The number of carbonyl (C=O) groups is 1. The number of piperidine rings is 1. The van der Waals surface area contributed by atoms with E-state index in [2.05, 4.69) is 26.7 Å². The number of rotatable bonds is 4. The Kier molecular flexibility index (Phi) is 5.43. The van der Waals surface area contributed by atoms with Gasteiger partial charge in [-0.1, -0.05) is 30.3 Å². The normalized spacial score (nSPS) is 21.1. The van der Waals surface area contributed by atoms with E-state index in [1.165, 1.54) is 18.8 Å². The maximum atomic E-state index is 12.5. The first kappa shape index (κ1) is 18.6. The summed E-state index contributed by atoms with van der Waals surface area (Å²) < 4.78 is 28.0. The third-order valence-corrected chi connectivity index (χ3v) is 6.07. The van der Waals surface area contributed by atoms with E-state index in [4.69, 9.17) is 0 Å². The molecule has 2 aliphatic rings. The Bertz CT molecular complexity index is 825. The molecule has 1 aromatic carbocycles. The standard InChI is InChI=1S/C18H24N4O3S/c1-14-17(13-21(2)26(24,25)20-14)18(23)19-16-8-10-22(11-9-16)12-15-6-4-3-5-7-15/h3-7,13,16H,8-12H2,1-2H3,(H,19,23). The van der Waals surface area contributed by atoms with Crippen LogP contribution in [-0.4, -0.2) is 55.4 Å². The predicted octanol–water partition coefficient (Wildman–Crippen LogP) is 1.30. The highest BCUT2D eigenvalue weighted by atomic mass is 32.2. The highest BCUT2D eigenvalue weighted by molar-refractivity contribution is 7.88. The summed E-state index contributed by atoms with van der Waals surface area (Å²) in [5.74, 6) is -0.269. The molecule has 140 valence electrons. The third kappa shape index (κ3) is 4.31. The Balaban J connectivity index is 1.53. The lowest BCUT2D eigenvalue weighted by Crippen LogP contribution is -2.45. The highest BCUT2D eigenvalue weighted by Gasteiger charge is 2.27. The quantitative estimate of drug-likeness (QED) is 0.859. The maximum absolute atomic E-state index is 12.5. The van der Waals surface area contributed by atoms with Crippen molar-refractivity contribution >= 4 is 21.8 Å². The monoisotopic (exact) mass is 376 g/mol. The number of carbonyl (C=O) groups excluding carboxylic acids is 1. The lowest BCUT2D eigenvalue weighted by Gasteiger charge is -2.32. The van der Waals surface area contributed by atoms with Crippen LogP contribution in [0.5, 0.6) is 0 Å². The molecule has 2 heterocycles. The van der Waals surface area contributed by atoms with Crippen molar-refractivity contribution in [1.82, 2.24) is 14.5 Å². The van der Waals surface area contributed by atoms with Crippen LogP contribution in [0.25, 0.3) is 0 Å². The van der Waals surface area contributed by atoms with Gasteiger partial charge in [0.2, 0.25) is 0 Å². The number of amides is 1. The van der Waals surface area contributed by atoms with Gasteiger partial charge < -0.3 is 5.32 Å². The number of benzene rings is 1. The summed E-state index contributed by atoms with van der Waals surface area (Å²) in [6.45, 7) is 4.29. The molecule has 8 heteroatoms. The highest BCUT2D eigenvalue weighted by Crippen LogP contribution is 2.17. The first-order chi connectivity index (χ1) is 12.3. The summed E-state index contributed by atoms with van der Waals surface area (Å²) in [4.78, 5) is 14.9. The second-order valence-corrected chi connectivity index (χ2v) is 8.38. The zero-order chi connectivity index (χ0) is 18.7. The van der Waals surface area contributed by atoms with Crippen LogP contribution in [0.2, 0.25) is 0 Å². The number of nitrogens with zero attached hydrogens (tertiary/aromatic N) is 3. The molecule has 0 radical (unpaired) electrons. The molecule has 1 saturated heterocycles. The van der Waals surface area contributed by atoms with Crippen LogP contribution in [0.15, 0.2) is 46.5 Å². The van der Waals surface area contributed by atoms with Crippen molar-refractivity contribution in [3.63, 3.8) is 0 Å². The van der Waals surface area contributed by atoms with Crippen LogP contribution >= 0.6 is 0 Å². The van der Waals surface area contributed by atoms with Crippen molar-refractivity contribution in [2.75, 3.05) is 20.1 Å². The van der Waals surface area contributed by atoms with Crippen molar-refractivity contribution in [3.8, 4) is 0 Å². The average molecular weight is 376 g/mol. The Morgan fingerprint density at radius 2 is 1.88 bits per heavy atom. The molecule has 1 fully saturated rings. The predicted molar refractivity (Wildman–Crippen MR) is 101 cm³/mol. The average Bonchev–Trinajstić information content (AvgIpc) is 2.60. The van der Waals surface area contributed by atoms with Crippen LogP contribution in [0.3, 0.4) is 0 Å². The molecular weight excluding hydrogens is 352 g/mol. The minimum Gasteiger partial charge on any atom is -0.349 e. The van der Waals surface area contributed by atoms with Crippen molar-refractivity contribution in [3.05, 3.63) is 47.7 Å². The summed E-state index contributed by atoms with van der Waals surface area (Å²) in [6, 6.07) is 10.4. The molecule has 0 spiro atoms. The van der Waals surface area contributed by atoms with Gasteiger partial charge in [0.1, 0.15) is 0 Å². The van der Waals surface area contributed by atoms with Gasteiger partial charge in [0.25, 0.3) is 5.91 Å². The lowest BCUT2D eigenvalue weighted by molar-refractivity contribution is -0.118. The van der Waals surface area contributed by atoms with E-state index < -0.39 is 10.2 Å². The van der Waals surface area contributed by atoms with Gasteiger partial charge in [-0.2, -0.15) is 8.42 Å². The molecule has 2 aliphatic heterocycles. The van der Waals surface area contributed by atoms with Gasteiger partial charge in [-0.25, -0.2) is 0 Å². The van der Waals surface area contributed by atoms with Gasteiger partial charge in [-0.15, -0.1) is 4.40 Å². The van der Waals surface area contributed by atoms with Gasteiger partial charge in [0, 0.05) is 38.9 Å². The lowest BCUT2D eigenvalue weighted by atomic mass is 10.0. The van der Waals surface area contributed by atoms with E-state index in [0.717, 1.165) is 36.8 Å². The van der Waals surface area contributed by atoms with Crippen molar-refractivity contribution in [2.45, 2.75) is 32.4 Å². The number of nitrogens with one attached hydrogen (secondary N) is 1. The SMILES string of the molecule is CC1=NS(=O)(=O)N(C)C=C1C(=O)NC1CCN(Cc2ccccc2)CC1. The molecule has 0 bridgehead atoms. The van der Waals surface area contributed by atoms with Gasteiger partial charge >= 0.3 is 10.2 Å². The third-order valence-electron chi connectivity index (χ3n) is 4.73. The van der Waals surface area contributed by atoms with Crippen molar-refractivity contribution in [1.29, 1.82) is 0 Å². The fourth-order valence-electron chi connectivity index (χ4n) is 3.19. The van der Waals surface area contributed by atoms with Crippen molar-refractivity contribution in [2.24, 2.45) is 4.40 Å². The van der Waals surface area contributed by atoms with Gasteiger partial charge in [-0.3, -0.25) is 14.0 Å². The second kappa shape index (κ2) is 7.59. The summed E-state index contributed by atoms with van der Waals surface area (Å²) in [6.07, 6.45) is 3.07. The Morgan fingerprint density at radius 1 is 1.23 bits per heavy atom. The molecular formula is C18H24N4O3S. The van der Waals surface area contributed by atoms with Crippen LogP contribution in [0.1, 0.15) is 25.3 Å². The summed E-state index contributed by atoms with van der Waals surface area (Å²) in [7, 11) is -2.31. The smallest absolute Gasteiger partial charge is 0.344 e. The van der Waals surface area contributed by atoms with E-state index in [1.807, 2.05) is 18.2 Å². The van der Waals surface area contributed by atoms with Crippen LogP contribution in [0.4, 0.5) is 0 Å². The topological polar surface area (TPSA) is 82.1 Å². The minimum atomic E-state index is -3.69. The van der Waals surface area contributed by atoms with Crippen LogP contribution < -0.4 is 5.32 Å². The summed E-state index contributed by atoms with van der Waals surface area (Å²) >= 11 is 0. The first-order valence-corrected chi connectivity index (χ1v) is 10.1. The first-order valence-electron chi connectivity index (χ1n) is 8.69. The summed E-state index contributed by atoms with van der Waals surface area (Å²) in [5, 5.41) is 3.02. The van der Waals surface area contributed by atoms with E-state index in [1.54, 1.807) is 6.92 Å². The van der Waals surface area contributed by atoms with E-state index in [9.17, 15) is 13.2 Å². The fraction of sp³-hybridized carbons (Fsp3) is 0.444. The van der Waals surface area contributed by atoms with E-state index in [-0.39, 0.29) is 17.7 Å². The molecule has 1 aromatic rings. The molecule has 0 saturated carbocycles. The van der Waals surface area contributed by atoms with Gasteiger partial charge in [0.15, 0.2) is 0 Å². The molecule has 26 heavy (non-hydrogen) atoms. The zero-order valence-corrected chi connectivity index (χ0v) is 15.9. The van der Waals surface area contributed by atoms with Crippen LogP contribution in [-0.2, 0) is 21.5 Å². The molecule has 1 N–H and O–H groups in total. The molecule has 0 aromatic heterocycles. The van der Waals surface area contributed by atoms with Crippen molar-refractivity contribution < 1.29 is 13.2 Å². The summed E-state index contributed by atoms with van der Waals surface area (Å²) in [5.41, 5.74) is 1.81. The molecule has 7 nitrogen and oxygen atoms in total. The molecule has 3 rings (SSSR count). The maximum Gasteiger partial charge on any atom is 0.344 e. The Labute approximate surface area is 154 Å². The molecule has 0 atom stereocenters. The Morgan fingerprint density at radius 3 is 2.54 bits per heavy atom. The molecule has 0 unspecified atom stereocenters. The second-order valence-electron chi connectivity index (χ2n) is 6.72. The molecule has 1 amide bonds. The molecule has 0 aliphatic carbocycles.